The first-order valence-electron chi connectivity index (χ1n) is 6.99. The molecule has 1 radical (unpaired) electrons. The highest BCUT2D eigenvalue weighted by molar-refractivity contribution is 7.99. The van der Waals surface area contributed by atoms with Crippen LogP contribution in [0.4, 0.5) is 0 Å². The topological polar surface area (TPSA) is 17.3 Å². The molecule has 1 unspecified atom stereocenters. The van der Waals surface area contributed by atoms with Crippen LogP contribution in [0.3, 0.4) is 0 Å². The number of nitrogens with zero attached hydrogens (tertiary/aromatic N) is 2. The van der Waals surface area contributed by atoms with Gasteiger partial charge in [-0.25, -0.2) is 5.32 Å². The van der Waals surface area contributed by atoms with E-state index in [0.29, 0.717) is 0 Å². The van der Waals surface area contributed by atoms with Crippen LogP contribution < -0.4 is 5.32 Å². The van der Waals surface area contributed by atoms with Crippen molar-refractivity contribution in [3.8, 4) is 0 Å². The minimum Gasteiger partial charge on any atom is -0.279 e. The van der Waals surface area contributed by atoms with Gasteiger partial charge in [0, 0.05) is 31.1 Å². The average Bonchev–Trinajstić information content (AvgIpc) is 2.50. The molecule has 3 heteroatoms. The lowest BCUT2D eigenvalue weighted by atomic mass is 9.88. The van der Waals surface area contributed by atoms with Crippen LogP contribution in [-0.4, -0.2) is 36.0 Å². The summed E-state index contributed by atoms with van der Waals surface area (Å²) in [4.78, 5) is 2.62. The van der Waals surface area contributed by atoms with E-state index in [1.807, 2.05) is 0 Å². The van der Waals surface area contributed by atoms with Gasteiger partial charge in [-0.3, -0.25) is 4.90 Å². The van der Waals surface area contributed by atoms with Crippen molar-refractivity contribution in [2.75, 3.05) is 31.1 Å². The van der Waals surface area contributed by atoms with E-state index in [0.717, 1.165) is 6.54 Å². The predicted molar refractivity (Wildman–Crippen MR) is 77.9 cm³/mol. The molecule has 0 spiro atoms. The molecule has 0 N–H and O–H groups in total. The summed E-state index contributed by atoms with van der Waals surface area (Å²) in [6.07, 6.45) is 3.76. The Morgan fingerprint density at radius 2 is 1.83 bits per heavy atom. The van der Waals surface area contributed by atoms with Crippen LogP contribution >= 0.6 is 11.8 Å². The minimum absolute atomic E-state index is 0.0134. The van der Waals surface area contributed by atoms with Gasteiger partial charge >= 0.3 is 0 Å². The van der Waals surface area contributed by atoms with Gasteiger partial charge in [0.1, 0.15) is 5.66 Å². The quantitative estimate of drug-likeness (QED) is 0.814. The monoisotopic (exact) mass is 261 g/mol. The largest absolute Gasteiger partial charge is 0.279 e. The van der Waals surface area contributed by atoms with E-state index in [2.05, 4.69) is 47.0 Å². The SMILES string of the molecule is c1ccc(C2(N3CCSCC3)CCCC[N]2)cc1. The second-order valence-corrected chi connectivity index (χ2v) is 6.35. The zero-order valence-electron chi connectivity index (χ0n) is 10.8. The summed E-state index contributed by atoms with van der Waals surface area (Å²) in [7, 11) is 0. The van der Waals surface area contributed by atoms with E-state index in [-0.39, 0.29) is 5.66 Å². The third-order valence-electron chi connectivity index (χ3n) is 4.08. The summed E-state index contributed by atoms with van der Waals surface area (Å²) in [6, 6.07) is 10.9. The Morgan fingerprint density at radius 3 is 2.50 bits per heavy atom. The van der Waals surface area contributed by atoms with E-state index in [1.165, 1.54) is 49.4 Å². The summed E-state index contributed by atoms with van der Waals surface area (Å²) in [6.45, 7) is 3.39. The van der Waals surface area contributed by atoms with Gasteiger partial charge in [-0.15, -0.1) is 0 Å². The van der Waals surface area contributed by atoms with Crippen molar-refractivity contribution in [2.45, 2.75) is 24.9 Å². The van der Waals surface area contributed by atoms with Crippen LogP contribution in [0.5, 0.6) is 0 Å². The summed E-state index contributed by atoms with van der Waals surface area (Å²) in [5.74, 6) is 2.51. The van der Waals surface area contributed by atoms with Crippen molar-refractivity contribution in [1.29, 1.82) is 0 Å². The van der Waals surface area contributed by atoms with Crippen molar-refractivity contribution in [2.24, 2.45) is 0 Å². The Balaban J connectivity index is 1.92. The molecule has 0 saturated carbocycles. The van der Waals surface area contributed by atoms with Crippen molar-refractivity contribution >= 4 is 11.8 Å². The number of hydrogen-bond acceptors (Lipinski definition) is 2. The van der Waals surface area contributed by atoms with E-state index >= 15 is 0 Å². The van der Waals surface area contributed by atoms with Crippen LogP contribution in [0.1, 0.15) is 24.8 Å². The predicted octanol–water partition coefficient (Wildman–Crippen LogP) is 2.68. The molecule has 2 fully saturated rings. The molecule has 0 aromatic heterocycles. The molecule has 0 aliphatic carbocycles. The highest BCUT2D eigenvalue weighted by Crippen LogP contribution is 2.36. The fourth-order valence-corrected chi connectivity index (χ4v) is 4.04. The zero-order chi connectivity index (χ0) is 12.3. The van der Waals surface area contributed by atoms with Crippen molar-refractivity contribution in [1.82, 2.24) is 10.2 Å². The summed E-state index contributed by atoms with van der Waals surface area (Å²) >= 11 is 2.07. The molecule has 2 heterocycles. The van der Waals surface area contributed by atoms with Crippen LogP contribution in [0.25, 0.3) is 0 Å². The first-order valence-corrected chi connectivity index (χ1v) is 8.14. The summed E-state index contributed by atoms with van der Waals surface area (Å²) < 4.78 is 0. The second kappa shape index (κ2) is 5.64. The molecule has 18 heavy (non-hydrogen) atoms. The molecule has 2 aliphatic heterocycles. The van der Waals surface area contributed by atoms with Crippen LogP contribution in [0.15, 0.2) is 30.3 Å². The van der Waals surface area contributed by atoms with Crippen LogP contribution in [-0.2, 0) is 5.66 Å². The molecule has 97 valence electrons. The average molecular weight is 261 g/mol. The lowest BCUT2D eigenvalue weighted by molar-refractivity contribution is 0.0297. The van der Waals surface area contributed by atoms with Gasteiger partial charge in [0.05, 0.1) is 0 Å². The van der Waals surface area contributed by atoms with Crippen molar-refractivity contribution < 1.29 is 0 Å². The number of benzene rings is 1. The van der Waals surface area contributed by atoms with Gasteiger partial charge in [-0.1, -0.05) is 30.3 Å². The van der Waals surface area contributed by atoms with Crippen molar-refractivity contribution in [3.05, 3.63) is 35.9 Å². The molecule has 1 aromatic rings. The number of thioether (sulfide) groups is 1. The van der Waals surface area contributed by atoms with E-state index < -0.39 is 0 Å². The highest BCUT2D eigenvalue weighted by atomic mass is 32.2. The van der Waals surface area contributed by atoms with E-state index in [4.69, 9.17) is 5.32 Å². The fraction of sp³-hybridized carbons (Fsp3) is 0.600. The smallest absolute Gasteiger partial charge is 0.113 e. The maximum absolute atomic E-state index is 5.07. The Hall–Kier alpha value is -0.510. The molecule has 2 nitrogen and oxygen atoms in total. The first kappa shape index (κ1) is 12.5. The summed E-state index contributed by atoms with van der Waals surface area (Å²) in [5.41, 5.74) is 1.39. The van der Waals surface area contributed by atoms with E-state index in [9.17, 15) is 0 Å². The molecule has 3 rings (SSSR count). The Labute approximate surface area is 114 Å². The van der Waals surface area contributed by atoms with Gasteiger partial charge in [-0.2, -0.15) is 11.8 Å². The van der Waals surface area contributed by atoms with Gasteiger partial charge in [0.15, 0.2) is 0 Å². The maximum Gasteiger partial charge on any atom is 0.113 e. The maximum atomic E-state index is 5.07. The van der Waals surface area contributed by atoms with Crippen LogP contribution in [0.2, 0.25) is 0 Å². The Kier molecular flexibility index (Phi) is 3.92. The molecule has 0 bridgehead atoms. The van der Waals surface area contributed by atoms with Gasteiger partial charge in [0.25, 0.3) is 0 Å². The van der Waals surface area contributed by atoms with Gasteiger partial charge < -0.3 is 0 Å². The first-order chi connectivity index (χ1) is 8.92. The molecule has 0 amide bonds. The van der Waals surface area contributed by atoms with Crippen molar-refractivity contribution in [3.63, 3.8) is 0 Å². The molecule has 2 aliphatic rings. The minimum atomic E-state index is -0.0134. The lowest BCUT2D eigenvalue weighted by Crippen LogP contribution is -2.57. The third-order valence-corrected chi connectivity index (χ3v) is 5.02. The number of hydrogen-bond donors (Lipinski definition) is 0. The Bertz CT molecular complexity index is 367. The number of piperidine rings is 1. The van der Waals surface area contributed by atoms with Gasteiger partial charge in [-0.05, 0) is 24.8 Å². The Morgan fingerprint density at radius 1 is 1.06 bits per heavy atom. The van der Waals surface area contributed by atoms with Crippen LogP contribution in [0, 0.1) is 0 Å². The van der Waals surface area contributed by atoms with Gasteiger partial charge in [0.2, 0.25) is 0 Å². The normalized spacial score (nSPS) is 30.2. The number of rotatable bonds is 2. The standard InChI is InChI=1S/C15H21N2S/c1-2-6-14(7-3-1)15(8-4-5-9-16-15)17-10-12-18-13-11-17/h1-3,6-7H,4-5,8-13H2. The zero-order valence-corrected chi connectivity index (χ0v) is 11.7. The molecular weight excluding hydrogens is 240 g/mol. The molecule has 1 atom stereocenters. The molecule has 2 saturated heterocycles. The third kappa shape index (κ3) is 2.31. The lowest BCUT2D eigenvalue weighted by Gasteiger charge is -2.47. The molecule has 1 aromatic carbocycles. The summed E-state index contributed by atoms with van der Waals surface area (Å²) in [5, 5.41) is 5.07. The second-order valence-electron chi connectivity index (χ2n) is 5.12. The highest BCUT2D eigenvalue weighted by Gasteiger charge is 2.40. The fourth-order valence-electron chi connectivity index (χ4n) is 3.14. The molecular formula is C15H21N2S. The van der Waals surface area contributed by atoms with E-state index in [1.54, 1.807) is 0 Å².